The van der Waals surface area contributed by atoms with Gasteiger partial charge in [0.25, 0.3) is 5.91 Å². The molecule has 19 heavy (non-hydrogen) atoms. The van der Waals surface area contributed by atoms with E-state index in [2.05, 4.69) is 16.4 Å². The van der Waals surface area contributed by atoms with Crippen molar-refractivity contribution in [1.82, 2.24) is 10.3 Å². The van der Waals surface area contributed by atoms with Crippen molar-refractivity contribution >= 4 is 16.8 Å². The van der Waals surface area contributed by atoms with Crippen molar-refractivity contribution in [2.24, 2.45) is 0 Å². The maximum Gasteiger partial charge on any atom is 0.254 e. The number of amides is 1. The molecule has 0 saturated carbocycles. The number of rotatable bonds is 4. The van der Waals surface area contributed by atoms with Gasteiger partial charge in [-0.15, -0.1) is 0 Å². The van der Waals surface area contributed by atoms with E-state index in [9.17, 15) is 4.79 Å². The molecule has 0 saturated heterocycles. The molecule has 0 aliphatic heterocycles. The molecule has 0 fully saturated rings. The van der Waals surface area contributed by atoms with Gasteiger partial charge in [0, 0.05) is 23.6 Å². The van der Waals surface area contributed by atoms with Gasteiger partial charge in [-0.25, -0.2) is 0 Å². The molecule has 0 unspecified atom stereocenters. The van der Waals surface area contributed by atoms with Gasteiger partial charge in [0.15, 0.2) is 0 Å². The van der Waals surface area contributed by atoms with Crippen LogP contribution in [0.25, 0.3) is 10.9 Å². The summed E-state index contributed by atoms with van der Waals surface area (Å²) < 4.78 is 4.88. The van der Waals surface area contributed by atoms with E-state index in [0.29, 0.717) is 12.1 Å². The van der Waals surface area contributed by atoms with Crippen molar-refractivity contribution in [3.05, 3.63) is 60.2 Å². The van der Waals surface area contributed by atoms with Gasteiger partial charge >= 0.3 is 0 Å². The third-order valence-electron chi connectivity index (χ3n) is 3.14. The third-order valence-corrected chi connectivity index (χ3v) is 3.14. The fraction of sp³-hybridized carbons (Fsp3) is 0.133. The van der Waals surface area contributed by atoms with Gasteiger partial charge in [0.05, 0.1) is 11.8 Å². The van der Waals surface area contributed by atoms with E-state index >= 15 is 0 Å². The Balaban J connectivity index is 1.62. The second-order valence-electron chi connectivity index (χ2n) is 4.38. The van der Waals surface area contributed by atoms with Crippen molar-refractivity contribution in [2.45, 2.75) is 6.42 Å². The van der Waals surface area contributed by atoms with E-state index < -0.39 is 0 Å². The van der Waals surface area contributed by atoms with Gasteiger partial charge in [-0.1, -0.05) is 18.2 Å². The number of carbonyl (C=O) groups is 1. The second kappa shape index (κ2) is 5.02. The van der Waals surface area contributed by atoms with Crippen molar-refractivity contribution in [2.75, 3.05) is 6.54 Å². The monoisotopic (exact) mass is 254 g/mol. The predicted molar refractivity (Wildman–Crippen MR) is 73.0 cm³/mol. The van der Waals surface area contributed by atoms with Crippen LogP contribution in [0.1, 0.15) is 15.9 Å². The summed E-state index contributed by atoms with van der Waals surface area (Å²) in [6, 6.07) is 9.80. The van der Waals surface area contributed by atoms with Crippen LogP contribution in [0.2, 0.25) is 0 Å². The van der Waals surface area contributed by atoms with Crippen LogP contribution < -0.4 is 5.32 Å². The highest BCUT2D eigenvalue weighted by Gasteiger charge is 2.07. The van der Waals surface area contributed by atoms with E-state index in [1.165, 1.54) is 23.5 Å². The number of H-pyrrole nitrogens is 1. The van der Waals surface area contributed by atoms with Crippen LogP contribution in [0.4, 0.5) is 0 Å². The Kier molecular flexibility index (Phi) is 3.06. The SMILES string of the molecule is O=C(NCCc1c[nH]c2ccccc12)c1ccoc1. The lowest BCUT2D eigenvalue weighted by atomic mass is 10.1. The molecule has 2 aromatic heterocycles. The number of hydrogen-bond acceptors (Lipinski definition) is 2. The number of fused-ring (bicyclic) bond motifs is 1. The summed E-state index contributed by atoms with van der Waals surface area (Å²) >= 11 is 0. The Morgan fingerprint density at radius 1 is 1.26 bits per heavy atom. The third kappa shape index (κ3) is 2.38. The molecule has 0 radical (unpaired) electrons. The zero-order valence-corrected chi connectivity index (χ0v) is 10.3. The molecule has 96 valence electrons. The quantitative estimate of drug-likeness (QED) is 0.752. The summed E-state index contributed by atoms with van der Waals surface area (Å²) in [5.41, 5.74) is 2.89. The second-order valence-corrected chi connectivity index (χ2v) is 4.38. The highest BCUT2D eigenvalue weighted by Crippen LogP contribution is 2.17. The predicted octanol–water partition coefficient (Wildman–Crippen LogP) is 2.73. The largest absolute Gasteiger partial charge is 0.472 e. The topological polar surface area (TPSA) is 58.0 Å². The highest BCUT2D eigenvalue weighted by molar-refractivity contribution is 5.93. The number of furan rings is 1. The molecular formula is C15H14N2O2. The van der Waals surface area contributed by atoms with Gasteiger partial charge < -0.3 is 14.7 Å². The maximum absolute atomic E-state index is 11.7. The molecule has 0 aliphatic carbocycles. The minimum absolute atomic E-state index is 0.103. The van der Waals surface area contributed by atoms with Crippen molar-refractivity contribution in [1.29, 1.82) is 0 Å². The van der Waals surface area contributed by atoms with E-state index in [1.807, 2.05) is 24.4 Å². The molecule has 0 bridgehead atoms. The summed E-state index contributed by atoms with van der Waals surface area (Å²) in [5, 5.41) is 4.08. The van der Waals surface area contributed by atoms with Gasteiger partial charge in [-0.3, -0.25) is 4.79 Å². The first-order chi connectivity index (χ1) is 9.34. The molecule has 2 heterocycles. The summed E-state index contributed by atoms with van der Waals surface area (Å²) in [5.74, 6) is -0.103. The van der Waals surface area contributed by atoms with Crippen LogP contribution in [-0.4, -0.2) is 17.4 Å². The lowest BCUT2D eigenvalue weighted by Crippen LogP contribution is -2.25. The first kappa shape index (κ1) is 11.6. The number of para-hydroxylation sites is 1. The molecule has 1 amide bonds. The number of nitrogens with one attached hydrogen (secondary N) is 2. The molecule has 3 rings (SSSR count). The Morgan fingerprint density at radius 3 is 3.00 bits per heavy atom. The molecule has 1 aromatic carbocycles. The van der Waals surface area contributed by atoms with E-state index in [-0.39, 0.29) is 5.91 Å². The van der Waals surface area contributed by atoms with Crippen LogP contribution in [0, 0.1) is 0 Å². The zero-order valence-electron chi connectivity index (χ0n) is 10.3. The lowest BCUT2D eigenvalue weighted by molar-refractivity contribution is 0.0953. The van der Waals surface area contributed by atoms with E-state index in [0.717, 1.165) is 11.9 Å². The molecule has 2 N–H and O–H groups in total. The molecule has 0 spiro atoms. The Bertz CT molecular complexity index is 683. The molecule has 0 aliphatic rings. The first-order valence-electron chi connectivity index (χ1n) is 6.20. The Labute approximate surface area is 110 Å². The van der Waals surface area contributed by atoms with Crippen LogP contribution in [0.15, 0.2) is 53.5 Å². The number of aromatic nitrogens is 1. The summed E-state index contributed by atoms with van der Waals surface area (Å²) in [4.78, 5) is 14.9. The van der Waals surface area contributed by atoms with E-state index in [4.69, 9.17) is 4.42 Å². The maximum atomic E-state index is 11.7. The van der Waals surface area contributed by atoms with Crippen molar-refractivity contribution in [3.63, 3.8) is 0 Å². The summed E-state index contributed by atoms with van der Waals surface area (Å²) in [7, 11) is 0. The number of hydrogen-bond donors (Lipinski definition) is 2. The average Bonchev–Trinajstić information content (AvgIpc) is 3.08. The van der Waals surface area contributed by atoms with Gasteiger partial charge in [0.2, 0.25) is 0 Å². The van der Waals surface area contributed by atoms with Crippen LogP contribution in [0.3, 0.4) is 0 Å². The first-order valence-corrected chi connectivity index (χ1v) is 6.20. The standard InChI is InChI=1S/C15H14N2O2/c18-15(12-6-8-19-10-12)16-7-5-11-9-17-14-4-2-1-3-13(11)14/h1-4,6,8-10,17H,5,7H2,(H,16,18). The molecule has 0 atom stereocenters. The minimum Gasteiger partial charge on any atom is -0.472 e. The molecule has 4 heteroatoms. The lowest BCUT2D eigenvalue weighted by Gasteiger charge is -2.02. The number of benzene rings is 1. The van der Waals surface area contributed by atoms with Gasteiger partial charge in [0.1, 0.15) is 6.26 Å². The molecule has 3 aromatic rings. The fourth-order valence-corrected chi connectivity index (χ4v) is 2.14. The van der Waals surface area contributed by atoms with Crippen LogP contribution in [-0.2, 0) is 6.42 Å². The van der Waals surface area contributed by atoms with Crippen LogP contribution in [0.5, 0.6) is 0 Å². The van der Waals surface area contributed by atoms with Gasteiger partial charge in [-0.05, 0) is 24.1 Å². The highest BCUT2D eigenvalue weighted by atomic mass is 16.3. The number of aromatic amines is 1. The summed E-state index contributed by atoms with van der Waals surface area (Å²) in [6.45, 7) is 0.603. The zero-order chi connectivity index (χ0) is 13.1. The van der Waals surface area contributed by atoms with E-state index in [1.54, 1.807) is 6.07 Å². The Morgan fingerprint density at radius 2 is 2.16 bits per heavy atom. The molecular weight excluding hydrogens is 240 g/mol. The number of carbonyl (C=O) groups excluding carboxylic acids is 1. The average molecular weight is 254 g/mol. The van der Waals surface area contributed by atoms with Crippen LogP contribution >= 0.6 is 0 Å². The fourth-order valence-electron chi connectivity index (χ4n) is 2.14. The minimum atomic E-state index is -0.103. The normalized spacial score (nSPS) is 10.7. The molecule has 4 nitrogen and oxygen atoms in total. The summed E-state index contributed by atoms with van der Waals surface area (Å²) in [6.07, 6.45) is 5.73. The van der Waals surface area contributed by atoms with Gasteiger partial charge in [-0.2, -0.15) is 0 Å². The Hall–Kier alpha value is -2.49. The van der Waals surface area contributed by atoms with Crippen molar-refractivity contribution in [3.8, 4) is 0 Å². The van der Waals surface area contributed by atoms with Crippen molar-refractivity contribution < 1.29 is 9.21 Å². The smallest absolute Gasteiger partial charge is 0.254 e.